The van der Waals surface area contributed by atoms with Crippen LogP contribution in [0.1, 0.15) is 10.4 Å². The normalized spacial score (nSPS) is 9.37. The maximum Gasteiger partial charge on any atom is 0.339 e. The van der Waals surface area contributed by atoms with Crippen molar-refractivity contribution in [1.82, 2.24) is 0 Å². The van der Waals surface area contributed by atoms with Crippen molar-refractivity contribution in [3.63, 3.8) is 0 Å². The number of fused-ring (bicyclic) bond motifs is 1. The molecule has 2 aromatic rings. The summed E-state index contributed by atoms with van der Waals surface area (Å²) >= 11 is 0. The van der Waals surface area contributed by atoms with E-state index in [1.165, 1.54) is 18.4 Å². The predicted octanol–water partition coefficient (Wildman–Crippen LogP) is 2.26. The number of benzene rings is 2. The van der Waals surface area contributed by atoms with Gasteiger partial charge >= 0.3 is 5.97 Å². The van der Waals surface area contributed by atoms with Gasteiger partial charge in [0.25, 0.3) is 12.5 Å². The Morgan fingerprint density at radius 2 is 1.79 bits per heavy atom. The summed E-state index contributed by atoms with van der Waals surface area (Å²) in [5, 5.41) is 27.2. The Labute approximate surface area is 107 Å². The van der Waals surface area contributed by atoms with Gasteiger partial charge in [-0.25, -0.2) is 4.79 Å². The topological polar surface area (TPSA) is 103 Å². The summed E-state index contributed by atoms with van der Waals surface area (Å²) in [4.78, 5) is 11.1. The first-order valence-electron chi connectivity index (χ1n) is 5.08. The van der Waals surface area contributed by atoms with Gasteiger partial charge in [0.05, 0.1) is 0 Å². The van der Waals surface area contributed by atoms with Crippen molar-refractivity contribution in [3.05, 3.63) is 35.9 Å². The highest BCUT2D eigenvalue weighted by Crippen LogP contribution is 2.28. The van der Waals surface area contributed by atoms with E-state index in [0.717, 1.165) is 0 Å². The molecule has 2 aromatic carbocycles. The van der Waals surface area contributed by atoms with Crippen molar-refractivity contribution < 1.29 is 19.4 Å². The Hall–Kier alpha value is -3.25. The first kappa shape index (κ1) is 12.2. The summed E-state index contributed by atoms with van der Waals surface area (Å²) < 4.78 is 9.30. The standard InChI is InChI=1S/C13H6N2O4/c14-6-18-10-2-1-8-4-11(13(16)17)12(19-7-15)5-9(8)3-10/h1-5H,(H,16,17). The second kappa shape index (κ2) is 4.94. The lowest BCUT2D eigenvalue weighted by Gasteiger charge is -2.06. The van der Waals surface area contributed by atoms with Crippen LogP contribution in [0.15, 0.2) is 30.3 Å². The summed E-state index contributed by atoms with van der Waals surface area (Å²) in [7, 11) is 0. The number of carboxylic acids is 1. The van der Waals surface area contributed by atoms with E-state index in [1.54, 1.807) is 24.5 Å². The van der Waals surface area contributed by atoms with E-state index in [0.29, 0.717) is 16.5 Å². The highest BCUT2D eigenvalue weighted by molar-refractivity contribution is 5.98. The van der Waals surface area contributed by atoms with Crippen molar-refractivity contribution in [3.8, 4) is 24.0 Å². The van der Waals surface area contributed by atoms with Gasteiger partial charge in [0.15, 0.2) is 5.75 Å². The zero-order valence-corrected chi connectivity index (χ0v) is 9.45. The zero-order chi connectivity index (χ0) is 13.8. The predicted molar refractivity (Wildman–Crippen MR) is 63.4 cm³/mol. The molecule has 0 radical (unpaired) electrons. The SMILES string of the molecule is N#COc1ccc2cc(C(=O)O)c(OC#N)cc2c1. The molecule has 0 fully saturated rings. The summed E-state index contributed by atoms with van der Waals surface area (Å²) in [5.41, 5.74) is -0.108. The van der Waals surface area contributed by atoms with E-state index in [2.05, 4.69) is 9.47 Å². The lowest BCUT2D eigenvalue weighted by Crippen LogP contribution is -2.00. The fourth-order valence-corrected chi connectivity index (χ4v) is 1.67. The van der Waals surface area contributed by atoms with E-state index in [4.69, 9.17) is 15.6 Å². The molecule has 0 heterocycles. The van der Waals surface area contributed by atoms with E-state index < -0.39 is 5.97 Å². The van der Waals surface area contributed by atoms with Crippen molar-refractivity contribution in [2.24, 2.45) is 0 Å². The molecule has 0 unspecified atom stereocenters. The smallest absolute Gasteiger partial charge is 0.339 e. The zero-order valence-electron chi connectivity index (χ0n) is 9.45. The van der Waals surface area contributed by atoms with Gasteiger partial charge in [-0.3, -0.25) is 0 Å². The van der Waals surface area contributed by atoms with Crippen LogP contribution in [-0.2, 0) is 0 Å². The number of hydrogen-bond acceptors (Lipinski definition) is 5. The van der Waals surface area contributed by atoms with Crippen LogP contribution < -0.4 is 9.47 Å². The molecule has 0 saturated carbocycles. The van der Waals surface area contributed by atoms with Crippen LogP contribution in [0.5, 0.6) is 11.5 Å². The molecule has 6 nitrogen and oxygen atoms in total. The molecule has 0 aliphatic rings. The Kier molecular flexibility index (Phi) is 3.18. The molecule has 2 rings (SSSR count). The minimum absolute atomic E-state index is 0.0587. The largest absolute Gasteiger partial charge is 0.478 e. The van der Waals surface area contributed by atoms with Gasteiger partial charge in [-0.1, -0.05) is 6.07 Å². The molecular weight excluding hydrogens is 248 g/mol. The molecule has 0 bridgehead atoms. The molecule has 0 aliphatic heterocycles. The molecule has 0 aliphatic carbocycles. The van der Waals surface area contributed by atoms with E-state index >= 15 is 0 Å². The molecule has 0 aromatic heterocycles. The van der Waals surface area contributed by atoms with Gasteiger partial charge in [0.1, 0.15) is 11.3 Å². The molecular formula is C13H6N2O4. The molecule has 0 amide bonds. The lowest BCUT2D eigenvalue weighted by molar-refractivity contribution is 0.0694. The quantitative estimate of drug-likeness (QED) is 0.842. The van der Waals surface area contributed by atoms with Crippen LogP contribution in [0.25, 0.3) is 10.8 Å². The third kappa shape index (κ3) is 2.38. The average Bonchev–Trinajstić information content (AvgIpc) is 2.38. The Balaban J connectivity index is 2.64. The Morgan fingerprint density at radius 3 is 2.42 bits per heavy atom. The summed E-state index contributed by atoms with van der Waals surface area (Å²) in [5.74, 6) is -0.929. The number of ether oxygens (including phenoxy) is 2. The first-order chi connectivity index (χ1) is 9.15. The van der Waals surface area contributed by atoms with Gasteiger partial charge in [-0.2, -0.15) is 0 Å². The van der Waals surface area contributed by atoms with Crippen LogP contribution in [0.2, 0.25) is 0 Å². The minimum atomic E-state index is -1.19. The molecule has 0 spiro atoms. The van der Waals surface area contributed by atoms with Gasteiger partial charge in [0.2, 0.25) is 0 Å². The van der Waals surface area contributed by atoms with Crippen LogP contribution in [0.3, 0.4) is 0 Å². The highest BCUT2D eigenvalue weighted by atomic mass is 16.5. The second-order valence-electron chi connectivity index (χ2n) is 3.55. The van der Waals surface area contributed by atoms with Crippen LogP contribution in [0.4, 0.5) is 0 Å². The number of rotatable bonds is 3. The average molecular weight is 254 g/mol. The Morgan fingerprint density at radius 1 is 1.05 bits per heavy atom. The van der Waals surface area contributed by atoms with Gasteiger partial charge in [-0.05, 0) is 35.0 Å². The van der Waals surface area contributed by atoms with Crippen LogP contribution in [0, 0.1) is 23.0 Å². The van der Waals surface area contributed by atoms with E-state index in [9.17, 15) is 4.79 Å². The third-order valence-corrected chi connectivity index (χ3v) is 2.46. The second-order valence-corrected chi connectivity index (χ2v) is 3.55. The molecule has 1 N–H and O–H groups in total. The number of hydrogen-bond donors (Lipinski definition) is 1. The maximum absolute atomic E-state index is 11.1. The monoisotopic (exact) mass is 254 g/mol. The van der Waals surface area contributed by atoms with Gasteiger partial charge in [0, 0.05) is 0 Å². The van der Waals surface area contributed by atoms with Crippen LogP contribution in [-0.4, -0.2) is 11.1 Å². The molecule has 92 valence electrons. The highest BCUT2D eigenvalue weighted by Gasteiger charge is 2.13. The number of nitriles is 2. The maximum atomic E-state index is 11.1. The van der Waals surface area contributed by atoms with Crippen molar-refractivity contribution in [1.29, 1.82) is 10.5 Å². The fourth-order valence-electron chi connectivity index (χ4n) is 1.67. The first-order valence-corrected chi connectivity index (χ1v) is 5.08. The Bertz CT molecular complexity index is 741. The van der Waals surface area contributed by atoms with Crippen molar-refractivity contribution in [2.75, 3.05) is 0 Å². The van der Waals surface area contributed by atoms with Crippen LogP contribution >= 0.6 is 0 Å². The molecule has 19 heavy (non-hydrogen) atoms. The summed E-state index contributed by atoms with van der Waals surface area (Å²) in [6.45, 7) is 0. The van der Waals surface area contributed by atoms with Crippen molar-refractivity contribution >= 4 is 16.7 Å². The minimum Gasteiger partial charge on any atom is -0.478 e. The number of aromatic carboxylic acids is 1. The summed E-state index contributed by atoms with van der Waals surface area (Å²) in [6.07, 6.45) is 2.98. The number of nitrogens with zero attached hydrogens (tertiary/aromatic N) is 2. The van der Waals surface area contributed by atoms with E-state index in [-0.39, 0.29) is 11.3 Å². The summed E-state index contributed by atoms with van der Waals surface area (Å²) in [6, 6.07) is 7.51. The molecule has 0 atom stereocenters. The molecule has 6 heteroatoms. The van der Waals surface area contributed by atoms with E-state index in [1.807, 2.05) is 0 Å². The number of carboxylic acid groups (broad SMARTS) is 1. The fraction of sp³-hybridized carbons (Fsp3) is 0. The molecule has 0 saturated heterocycles. The third-order valence-electron chi connectivity index (χ3n) is 2.46. The van der Waals surface area contributed by atoms with Gasteiger partial charge in [-0.15, -0.1) is 10.5 Å². The number of carbonyl (C=O) groups is 1. The van der Waals surface area contributed by atoms with Gasteiger partial charge < -0.3 is 14.6 Å². The lowest BCUT2D eigenvalue weighted by atomic mass is 10.1. The van der Waals surface area contributed by atoms with Crippen molar-refractivity contribution in [2.45, 2.75) is 0 Å².